The van der Waals surface area contributed by atoms with Crippen LogP contribution in [0.1, 0.15) is 33.0 Å². The normalized spacial score (nSPS) is 13.8. The molecule has 1 rings (SSSR count). The van der Waals surface area contributed by atoms with Gasteiger partial charge in [-0.25, -0.2) is 13.1 Å². The van der Waals surface area contributed by atoms with Crippen LogP contribution in [0.2, 0.25) is 0 Å². The Morgan fingerprint density at radius 1 is 1.43 bits per heavy atom. The minimum atomic E-state index is -3.64. The quantitative estimate of drug-likeness (QED) is 0.684. The largest absolute Gasteiger partial charge is 0.452 e. The molecule has 8 heteroatoms. The lowest BCUT2D eigenvalue weighted by Gasteiger charge is -2.15. The molecule has 0 amide bonds. The number of furan rings is 1. The van der Waals surface area contributed by atoms with Crippen LogP contribution in [0, 0.1) is 0 Å². The van der Waals surface area contributed by atoms with Gasteiger partial charge in [-0.2, -0.15) is 0 Å². The summed E-state index contributed by atoms with van der Waals surface area (Å²) in [6.07, 6.45) is 0.643. The van der Waals surface area contributed by atoms with Crippen molar-refractivity contribution in [2.75, 3.05) is 13.7 Å². The zero-order chi connectivity index (χ0) is 16.0. The zero-order valence-corrected chi connectivity index (χ0v) is 15.2. The van der Waals surface area contributed by atoms with E-state index in [9.17, 15) is 8.42 Å². The van der Waals surface area contributed by atoms with Crippen molar-refractivity contribution in [2.24, 2.45) is 0 Å². The third-order valence-electron chi connectivity index (χ3n) is 2.86. The molecule has 0 radical (unpaired) electrons. The number of ether oxygens (including phenoxy) is 1. The van der Waals surface area contributed by atoms with Gasteiger partial charge in [-0.3, -0.25) is 0 Å². The monoisotopic (exact) mass is 382 g/mol. The Hall–Kier alpha value is -0.410. The van der Waals surface area contributed by atoms with Gasteiger partial charge in [0.25, 0.3) is 0 Å². The molecule has 1 atom stereocenters. The van der Waals surface area contributed by atoms with E-state index in [2.05, 4.69) is 26.0 Å². The molecule has 0 saturated heterocycles. The van der Waals surface area contributed by atoms with Crippen LogP contribution in [0.25, 0.3) is 0 Å². The summed E-state index contributed by atoms with van der Waals surface area (Å²) in [5, 5.41) is 3.18. The molecule has 122 valence electrons. The van der Waals surface area contributed by atoms with Crippen LogP contribution < -0.4 is 10.0 Å². The number of halogens is 1. The summed E-state index contributed by atoms with van der Waals surface area (Å²) in [4.78, 5) is 0.109. The molecule has 6 nitrogen and oxygen atoms in total. The van der Waals surface area contributed by atoms with E-state index < -0.39 is 10.0 Å². The first-order valence-corrected chi connectivity index (χ1v) is 9.10. The summed E-state index contributed by atoms with van der Waals surface area (Å²) in [5.74, 6) is 0.565. The maximum Gasteiger partial charge on any atom is 0.245 e. The highest BCUT2D eigenvalue weighted by atomic mass is 79.9. The summed E-state index contributed by atoms with van der Waals surface area (Å²) in [6, 6.07) is 1.55. The summed E-state index contributed by atoms with van der Waals surface area (Å²) in [7, 11) is -2.10. The van der Waals surface area contributed by atoms with Crippen molar-refractivity contribution in [1.82, 2.24) is 10.0 Å². The van der Waals surface area contributed by atoms with E-state index >= 15 is 0 Å². The van der Waals surface area contributed by atoms with E-state index in [0.717, 1.165) is 0 Å². The smallest absolute Gasteiger partial charge is 0.245 e. The zero-order valence-electron chi connectivity index (χ0n) is 12.8. The van der Waals surface area contributed by atoms with Crippen LogP contribution >= 0.6 is 15.9 Å². The fourth-order valence-electron chi connectivity index (χ4n) is 1.69. The molecule has 0 saturated carbocycles. The molecule has 1 unspecified atom stereocenters. The maximum atomic E-state index is 12.4. The Bertz CT molecular complexity index is 542. The van der Waals surface area contributed by atoms with Gasteiger partial charge in [0.2, 0.25) is 10.0 Å². The third-order valence-corrected chi connectivity index (χ3v) is 5.24. The first kappa shape index (κ1) is 18.6. The Morgan fingerprint density at radius 2 is 2.10 bits per heavy atom. The number of sulfonamides is 1. The predicted molar refractivity (Wildman–Crippen MR) is 84.7 cm³/mol. The van der Waals surface area contributed by atoms with Crippen molar-refractivity contribution < 1.29 is 17.6 Å². The van der Waals surface area contributed by atoms with Crippen molar-refractivity contribution in [1.29, 1.82) is 0 Å². The number of nitrogens with one attached hydrogen (secondary N) is 2. The molecule has 0 fully saturated rings. The maximum absolute atomic E-state index is 12.4. The van der Waals surface area contributed by atoms with Crippen LogP contribution in [-0.2, 0) is 21.3 Å². The van der Waals surface area contributed by atoms with Crippen LogP contribution in [0.15, 0.2) is 20.0 Å². The van der Waals surface area contributed by atoms with E-state index in [-0.39, 0.29) is 15.6 Å². The van der Waals surface area contributed by atoms with E-state index in [1.165, 1.54) is 6.07 Å². The van der Waals surface area contributed by atoms with Crippen molar-refractivity contribution in [3.63, 3.8) is 0 Å². The lowest BCUT2D eigenvalue weighted by molar-refractivity contribution is 0.173. The van der Waals surface area contributed by atoms with Crippen molar-refractivity contribution in [3.05, 3.63) is 16.5 Å². The minimum Gasteiger partial charge on any atom is -0.452 e. The number of hydrogen-bond acceptors (Lipinski definition) is 5. The van der Waals surface area contributed by atoms with E-state index in [0.29, 0.717) is 31.4 Å². The molecule has 1 aromatic rings. The van der Waals surface area contributed by atoms with Gasteiger partial charge in [0, 0.05) is 25.3 Å². The molecule has 0 spiro atoms. The van der Waals surface area contributed by atoms with Crippen molar-refractivity contribution in [3.8, 4) is 0 Å². The van der Waals surface area contributed by atoms with Crippen LogP contribution in [0.5, 0.6) is 0 Å². The molecule has 0 aromatic carbocycles. The molecule has 1 aromatic heterocycles. The van der Waals surface area contributed by atoms with Gasteiger partial charge in [0.15, 0.2) is 4.67 Å². The molecule has 0 bridgehead atoms. The van der Waals surface area contributed by atoms with E-state index in [1.54, 1.807) is 7.11 Å². The average molecular weight is 383 g/mol. The summed E-state index contributed by atoms with van der Waals surface area (Å²) >= 11 is 3.17. The van der Waals surface area contributed by atoms with Crippen molar-refractivity contribution >= 4 is 26.0 Å². The topological polar surface area (TPSA) is 80.6 Å². The van der Waals surface area contributed by atoms with E-state index in [4.69, 9.17) is 9.15 Å². The fraction of sp³-hybridized carbons (Fsp3) is 0.692. The molecular formula is C13H23BrN2O4S. The molecule has 2 N–H and O–H groups in total. The molecule has 0 aliphatic carbocycles. The average Bonchev–Trinajstić information content (AvgIpc) is 2.77. The Labute approximate surface area is 134 Å². The van der Waals surface area contributed by atoms with Gasteiger partial charge < -0.3 is 14.5 Å². The Kier molecular flexibility index (Phi) is 7.35. The predicted octanol–water partition coefficient (Wildman–Crippen LogP) is 2.24. The standard InChI is InChI=1S/C13H23BrN2O4S/c1-5-10(8-19-4)16-21(17,18)12-6-11(20-13(12)14)7-15-9(2)3/h6,9-10,15-16H,5,7-8H2,1-4H3. The Balaban J connectivity index is 2.87. The molecule has 21 heavy (non-hydrogen) atoms. The van der Waals surface area contributed by atoms with E-state index in [1.807, 2.05) is 20.8 Å². The SMILES string of the molecule is CCC(COC)NS(=O)(=O)c1cc(CNC(C)C)oc1Br. The van der Waals surface area contributed by atoms with Gasteiger partial charge in [-0.15, -0.1) is 0 Å². The number of methoxy groups -OCH3 is 1. The van der Waals surface area contributed by atoms with Gasteiger partial charge >= 0.3 is 0 Å². The van der Waals surface area contributed by atoms with Gasteiger partial charge in [0.1, 0.15) is 10.7 Å². The second kappa shape index (κ2) is 8.28. The highest BCUT2D eigenvalue weighted by molar-refractivity contribution is 9.10. The van der Waals surface area contributed by atoms with Gasteiger partial charge in [-0.1, -0.05) is 20.8 Å². The van der Waals surface area contributed by atoms with Gasteiger partial charge in [0.05, 0.1) is 13.2 Å². The Morgan fingerprint density at radius 3 is 2.62 bits per heavy atom. The molecule has 1 heterocycles. The third kappa shape index (κ3) is 5.71. The molecule has 0 aliphatic heterocycles. The van der Waals surface area contributed by atoms with Gasteiger partial charge in [-0.05, 0) is 22.4 Å². The van der Waals surface area contributed by atoms with Crippen LogP contribution in [0.3, 0.4) is 0 Å². The van der Waals surface area contributed by atoms with Crippen LogP contribution in [0.4, 0.5) is 0 Å². The lowest BCUT2D eigenvalue weighted by atomic mass is 10.3. The number of rotatable bonds is 9. The highest BCUT2D eigenvalue weighted by Gasteiger charge is 2.25. The second-order valence-corrected chi connectivity index (χ2v) is 7.47. The first-order valence-electron chi connectivity index (χ1n) is 6.83. The first-order chi connectivity index (χ1) is 9.80. The fourth-order valence-corrected chi connectivity index (χ4v) is 3.99. The molecule has 0 aliphatic rings. The van der Waals surface area contributed by atoms with Crippen LogP contribution in [-0.4, -0.2) is 34.2 Å². The summed E-state index contributed by atoms with van der Waals surface area (Å²) in [5.41, 5.74) is 0. The van der Waals surface area contributed by atoms with Crippen molar-refractivity contribution in [2.45, 2.75) is 50.7 Å². The minimum absolute atomic E-state index is 0.109. The molecular weight excluding hydrogens is 360 g/mol. The summed E-state index contributed by atoms with van der Waals surface area (Å²) < 4.78 is 38.0. The highest BCUT2D eigenvalue weighted by Crippen LogP contribution is 2.26. The number of hydrogen-bond donors (Lipinski definition) is 2. The second-order valence-electron chi connectivity index (χ2n) is 5.07. The lowest BCUT2D eigenvalue weighted by Crippen LogP contribution is -2.37. The summed E-state index contributed by atoms with van der Waals surface area (Å²) in [6.45, 7) is 6.71.